The second kappa shape index (κ2) is 8.22. The van der Waals surface area contributed by atoms with Crippen LogP contribution >= 0.6 is 11.8 Å². The lowest BCUT2D eigenvalue weighted by Gasteiger charge is -2.14. The second-order valence-corrected chi connectivity index (χ2v) is 7.40. The first-order valence-electron chi connectivity index (χ1n) is 8.46. The summed E-state index contributed by atoms with van der Waals surface area (Å²) < 4.78 is 6.81. The number of nitrogens with zero attached hydrogens (tertiary/aromatic N) is 4. The molecule has 2 aromatic carbocycles. The Bertz CT molecular complexity index is 919. The number of methoxy groups -OCH3 is 1. The Morgan fingerprint density at radius 1 is 1.15 bits per heavy atom. The number of carbonyl (C=O) groups excluding carboxylic acids is 1. The highest BCUT2D eigenvalue weighted by Gasteiger charge is 2.20. The van der Waals surface area contributed by atoms with E-state index in [0.717, 1.165) is 22.6 Å². The first-order chi connectivity index (χ1) is 13.0. The number of hydrogen-bond donors (Lipinski definition) is 1. The van der Waals surface area contributed by atoms with Crippen molar-refractivity contribution in [3.63, 3.8) is 0 Å². The van der Waals surface area contributed by atoms with Crippen molar-refractivity contribution >= 4 is 23.4 Å². The van der Waals surface area contributed by atoms with E-state index in [0.29, 0.717) is 10.8 Å². The van der Waals surface area contributed by atoms with E-state index in [1.807, 2.05) is 39.0 Å². The van der Waals surface area contributed by atoms with Gasteiger partial charge in [0, 0.05) is 5.69 Å². The van der Waals surface area contributed by atoms with Crippen LogP contribution < -0.4 is 10.1 Å². The summed E-state index contributed by atoms with van der Waals surface area (Å²) in [6.07, 6.45) is 0. The normalized spacial score (nSPS) is 11.9. The third-order valence-electron chi connectivity index (χ3n) is 4.10. The van der Waals surface area contributed by atoms with Gasteiger partial charge in [-0.05, 0) is 66.6 Å². The topological polar surface area (TPSA) is 81.9 Å². The van der Waals surface area contributed by atoms with Gasteiger partial charge in [-0.1, -0.05) is 30.0 Å². The highest BCUT2D eigenvalue weighted by atomic mass is 32.2. The number of nitrogens with one attached hydrogen (secondary N) is 1. The van der Waals surface area contributed by atoms with Crippen LogP contribution in [0.4, 0.5) is 5.69 Å². The zero-order valence-corrected chi connectivity index (χ0v) is 16.4. The lowest BCUT2D eigenvalue weighted by atomic mass is 10.1. The van der Waals surface area contributed by atoms with E-state index in [-0.39, 0.29) is 11.2 Å². The molecule has 0 aliphatic carbocycles. The van der Waals surface area contributed by atoms with Gasteiger partial charge in [-0.15, -0.1) is 5.10 Å². The van der Waals surface area contributed by atoms with Gasteiger partial charge in [-0.3, -0.25) is 4.79 Å². The molecule has 1 atom stereocenters. The molecule has 0 aliphatic rings. The molecule has 1 N–H and O–H groups in total. The summed E-state index contributed by atoms with van der Waals surface area (Å²) in [7, 11) is 1.60. The maximum Gasteiger partial charge on any atom is 0.237 e. The third kappa shape index (κ3) is 4.28. The number of amides is 1. The molecule has 0 fully saturated rings. The molecule has 1 unspecified atom stereocenters. The Labute approximate surface area is 162 Å². The van der Waals surface area contributed by atoms with Crippen molar-refractivity contribution in [1.29, 1.82) is 0 Å². The van der Waals surface area contributed by atoms with Crippen molar-refractivity contribution in [2.24, 2.45) is 0 Å². The van der Waals surface area contributed by atoms with E-state index < -0.39 is 0 Å². The molecule has 0 aliphatic heterocycles. The van der Waals surface area contributed by atoms with Crippen LogP contribution in [0, 0.1) is 13.8 Å². The van der Waals surface area contributed by atoms with Crippen LogP contribution in [0.2, 0.25) is 0 Å². The van der Waals surface area contributed by atoms with Crippen molar-refractivity contribution in [3.05, 3.63) is 53.6 Å². The fourth-order valence-electron chi connectivity index (χ4n) is 2.66. The Balaban J connectivity index is 1.74. The van der Waals surface area contributed by atoms with Gasteiger partial charge in [0.1, 0.15) is 5.75 Å². The second-order valence-electron chi connectivity index (χ2n) is 6.09. The van der Waals surface area contributed by atoms with Gasteiger partial charge >= 0.3 is 0 Å². The van der Waals surface area contributed by atoms with Gasteiger partial charge in [-0.2, -0.15) is 4.68 Å². The van der Waals surface area contributed by atoms with E-state index in [4.69, 9.17) is 4.74 Å². The zero-order valence-electron chi connectivity index (χ0n) is 15.6. The van der Waals surface area contributed by atoms with Crippen LogP contribution in [0.1, 0.15) is 18.1 Å². The van der Waals surface area contributed by atoms with Gasteiger partial charge in [0.15, 0.2) is 0 Å². The predicted octanol–water partition coefficient (Wildman–Crippen LogP) is 3.41. The summed E-state index contributed by atoms with van der Waals surface area (Å²) in [5.41, 5.74) is 3.79. The van der Waals surface area contributed by atoms with E-state index in [1.54, 1.807) is 36.1 Å². The molecular formula is C19H21N5O2S. The summed E-state index contributed by atoms with van der Waals surface area (Å²) in [4.78, 5) is 12.5. The minimum absolute atomic E-state index is 0.124. The number of benzene rings is 2. The van der Waals surface area contributed by atoms with Gasteiger partial charge in [0.2, 0.25) is 11.1 Å². The Morgan fingerprint density at radius 2 is 1.81 bits per heavy atom. The Morgan fingerprint density at radius 3 is 2.44 bits per heavy atom. The van der Waals surface area contributed by atoms with Crippen molar-refractivity contribution in [2.75, 3.05) is 12.4 Å². The molecule has 0 bridgehead atoms. The average Bonchev–Trinajstić information content (AvgIpc) is 3.10. The maximum absolute atomic E-state index is 12.5. The molecule has 3 rings (SSSR count). The van der Waals surface area contributed by atoms with Gasteiger partial charge in [0.05, 0.1) is 18.0 Å². The predicted molar refractivity (Wildman–Crippen MR) is 106 cm³/mol. The molecule has 1 aromatic heterocycles. The molecular weight excluding hydrogens is 362 g/mol. The largest absolute Gasteiger partial charge is 0.497 e. The SMILES string of the molecule is COc1ccc(NC(=O)C(C)Sc2nnnn2-c2c(C)cccc2C)cc1. The fourth-order valence-corrected chi connectivity index (χ4v) is 3.46. The van der Waals surface area contributed by atoms with E-state index >= 15 is 0 Å². The van der Waals surface area contributed by atoms with Crippen LogP contribution in [0.3, 0.4) is 0 Å². The monoisotopic (exact) mass is 383 g/mol. The summed E-state index contributed by atoms with van der Waals surface area (Å²) in [6.45, 7) is 5.85. The summed E-state index contributed by atoms with van der Waals surface area (Å²) >= 11 is 1.31. The van der Waals surface area contributed by atoms with Crippen molar-refractivity contribution in [3.8, 4) is 11.4 Å². The van der Waals surface area contributed by atoms with Crippen LogP contribution in [0.25, 0.3) is 5.69 Å². The highest BCUT2D eigenvalue weighted by Crippen LogP contribution is 2.27. The highest BCUT2D eigenvalue weighted by molar-refractivity contribution is 8.00. The molecule has 0 radical (unpaired) electrons. The molecule has 1 amide bonds. The van der Waals surface area contributed by atoms with E-state index in [2.05, 4.69) is 20.8 Å². The number of thioether (sulfide) groups is 1. The average molecular weight is 383 g/mol. The summed E-state index contributed by atoms with van der Waals surface area (Å²) in [5.74, 6) is 0.615. The first-order valence-corrected chi connectivity index (χ1v) is 9.34. The van der Waals surface area contributed by atoms with Gasteiger partial charge in [-0.25, -0.2) is 0 Å². The number of para-hydroxylation sites is 1. The van der Waals surface area contributed by atoms with Crippen LogP contribution in [0.5, 0.6) is 5.75 Å². The molecule has 0 saturated carbocycles. The number of aryl methyl sites for hydroxylation is 2. The third-order valence-corrected chi connectivity index (χ3v) is 5.13. The van der Waals surface area contributed by atoms with Gasteiger partial charge < -0.3 is 10.1 Å². The molecule has 140 valence electrons. The standard InChI is InChI=1S/C19H21N5O2S/c1-12-6-5-7-13(2)17(12)24-19(21-22-23-24)27-14(3)18(25)20-15-8-10-16(26-4)11-9-15/h5-11,14H,1-4H3,(H,20,25). The maximum atomic E-state index is 12.5. The number of aromatic nitrogens is 4. The molecule has 3 aromatic rings. The minimum Gasteiger partial charge on any atom is -0.497 e. The number of carbonyl (C=O) groups is 1. The first kappa shape index (κ1) is 18.9. The Kier molecular flexibility index (Phi) is 5.75. The molecule has 7 nitrogen and oxygen atoms in total. The lowest BCUT2D eigenvalue weighted by Crippen LogP contribution is -2.23. The summed E-state index contributed by atoms with van der Waals surface area (Å²) in [5, 5.41) is 15.1. The van der Waals surface area contributed by atoms with Gasteiger partial charge in [0.25, 0.3) is 0 Å². The van der Waals surface area contributed by atoms with E-state index in [9.17, 15) is 4.79 Å². The summed E-state index contributed by atoms with van der Waals surface area (Å²) in [6, 6.07) is 13.2. The Hall–Kier alpha value is -2.87. The molecule has 1 heterocycles. The molecule has 0 spiro atoms. The smallest absolute Gasteiger partial charge is 0.237 e. The van der Waals surface area contributed by atoms with Crippen LogP contribution in [-0.4, -0.2) is 38.5 Å². The zero-order chi connectivity index (χ0) is 19.4. The van der Waals surface area contributed by atoms with Crippen molar-refractivity contribution in [2.45, 2.75) is 31.2 Å². The fraction of sp³-hybridized carbons (Fsp3) is 0.263. The van der Waals surface area contributed by atoms with Crippen LogP contribution in [-0.2, 0) is 4.79 Å². The number of hydrogen-bond acceptors (Lipinski definition) is 6. The van der Waals surface area contributed by atoms with Crippen molar-refractivity contribution < 1.29 is 9.53 Å². The number of ether oxygens (including phenoxy) is 1. The lowest BCUT2D eigenvalue weighted by molar-refractivity contribution is -0.115. The van der Waals surface area contributed by atoms with Crippen LogP contribution in [0.15, 0.2) is 47.6 Å². The number of anilines is 1. The molecule has 8 heteroatoms. The van der Waals surface area contributed by atoms with Crippen molar-refractivity contribution in [1.82, 2.24) is 20.2 Å². The minimum atomic E-state index is -0.374. The molecule has 0 saturated heterocycles. The number of tetrazole rings is 1. The van der Waals surface area contributed by atoms with E-state index in [1.165, 1.54) is 11.8 Å². The number of rotatable bonds is 6. The molecule has 27 heavy (non-hydrogen) atoms. The quantitative estimate of drug-likeness (QED) is 0.657.